The van der Waals surface area contributed by atoms with Gasteiger partial charge < -0.3 is 24.3 Å². The fraction of sp³-hybridized carbons (Fsp3) is 0.409. The Labute approximate surface area is 175 Å². The van der Waals surface area contributed by atoms with Crippen molar-refractivity contribution in [3.63, 3.8) is 0 Å². The van der Waals surface area contributed by atoms with E-state index >= 15 is 0 Å². The van der Waals surface area contributed by atoms with Crippen molar-refractivity contribution in [2.75, 3.05) is 32.6 Å². The number of nitrogens with zero attached hydrogens (tertiary/aromatic N) is 2. The molecule has 1 saturated heterocycles. The summed E-state index contributed by atoms with van der Waals surface area (Å²) in [6, 6.07) is 6.22. The number of carbonyl (C=O) groups excluding carboxylic acids is 2. The molecule has 160 valence electrons. The first kappa shape index (κ1) is 21.4. The highest BCUT2D eigenvalue weighted by Crippen LogP contribution is 2.25. The molecule has 1 aliphatic rings. The van der Waals surface area contributed by atoms with E-state index in [4.69, 9.17) is 9.47 Å². The number of nitrogens with one attached hydrogen (secondary N) is 1. The van der Waals surface area contributed by atoms with Crippen LogP contribution in [0.3, 0.4) is 0 Å². The molecule has 1 aliphatic heterocycles. The van der Waals surface area contributed by atoms with Crippen molar-refractivity contribution in [3.8, 4) is 11.5 Å². The van der Waals surface area contributed by atoms with E-state index in [1.807, 2.05) is 0 Å². The van der Waals surface area contributed by atoms with Gasteiger partial charge in [0.1, 0.15) is 17.2 Å². The Morgan fingerprint density at radius 3 is 2.43 bits per heavy atom. The van der Waals surface area contributed by atoms with Crippen LogP contribution in [-0.4, -0.2) is 48.6 Å². The normalized spacial score (nSPS) is 14.3. The first-order valence-electron chi connectivity index (χ1n) is 9.87. The van der Waals surface area contributed by atoms with Crippen molar-refractivity contribution in [2.45, 2.75) is 19.8 Å². The maximum atomic E-state index is 12.9. The van der Waals surface area contributed by atoms with Crippen LogP contribution in [-0.2, 0) is 7.05 Å². The summed E-state index contributed by atoms with van der Waals surface area (Å²) in [6.45, 7) is 3.55. The second-order valence-corrected chi connectivity index (χ2v) is 7.55. The van der Waals surface area contributed by atoms with Gasteiger partial charge in [-0.25, -0.2) is 0 Å². The van der Waals surface area contributed by atoms with Gasteiger partial charge in [-0.15, -0.1) is 0 Å². The number of rotatable bonds is 5. The molecule has 1 aromatic heterocycles. The molecule has 1 fully saturated rings. The van der Waals surface area contributed by atoms with Crippen LogP contribution >= 0.6 is 0 Å². The lowest BCUT2D eigenvalue weighted by Crippen LogP contribution is -2.38. The summed E-state index contributed by atoms with van der Waals surface area (Å²) >= 11 is 0. The molecule has 0 spiro atoms. The van der Waals surface area contributed by atoms with Gasteiger partial charge in [-0.3, -0.25) is 14.4 Å². The first-order chi connectivity index (χ1) is 14.3. The number of anilines is 1. The van der Waals surface area contributed by atoms with Crippen molar-refractivity contribution in [1.29, 1.82) is 0 Å². The SMILES string of the molecule is COc1ccc(C(=O)Nc2cc(C(=O)N3CCC(C)CC3)cn(C)c2=O)c(OC)c1. The van der Waals surface area contributed by atoms with E-state index in [1.165, 1.54) is 31.0 Å². The van der Waals surface area contributed by atoms with Gasteiger partial charge in [-0.2, -0.15) is 0 Å². The predicted molar refractivity (Wildman–Crippen MR) is 113 cm³/mol. The van der Waals surface area contributed by atoms with Gasteiger partial charge in [-0.1, -0.05) is 6.92 Å². The van der Waals surface area contributed by atoms with E-state index in [9.17, 15) is 14.4 Å². The molecule has 8 nitrogen and oxygen atoms in total. The zero-order chi connectivity index (χ0) is 21.8. The number of methoxy groups -OCH3 is 2. The molecule has 0 radical (unpaired) electrons. The van der Waals surface area contributed by atoms with Crippen LogP contribution < -0.4 is 20.3 Å². The Balaban J connectivity index is 1.87. The summed E-state index contributed by atoms with van der Waals surface area (Å²) in [5.74, 6) is 0.808. The van der Waals surface area contributed by atoms with Crippen molar-refractivity contribution >= 4 is 17.5 Å². The summed E-state index contributed by atoms with van der Waals surface area (Å²) in [5.41, 5.74) is 0.252. The van der Waals surface area contributed by atoms with Crippen molar-refractivity contribution in [2.24, 2.45) is 13.0 Å². The number of carbonyl (C=O) groups is 2. The number of pyridine rings is 1. The lowest BCUT2D eigenvalue weighted by Gasteiger charge is -2.30. The molecule has 1 N–H and O–H groups in total. The van der Waals surface area contributed by atoms with Gasteiger partial charge in [0.2, 0.25) is 0 Å². The van der Waals surface area contributed by atoms with Crippen LogP contribution in [0.5, 0.6) is 11.5 Å². The molecule has 30 heavy (non-hydrogen) atoms. The Kier molecular flexibility index (Phi) is 6.44. The third kappa shape index (κ3) is 4.48. The fourth-order valence-electron chi connectivity index (χ4n) is 3.49. The molecule has 0 unspecified atom stereocenters. The minimum absolute atomic E-state index is 0.0385. The Bertz CT molecular complexity index is 1010. The Morgan fingerprint density at radius 2 is 1.80 bits per heavy atom. The largest absolute Gasteiger partial charge is 0.497 e. The molecule has 0 saturated carbocycles. The molecule has 3 rings (SSSR count). The number of aryl methyl sites for hydroxylation is 1. The number of hydrogen-bond donors (Lipinski definition) is 1. The fourth-order valence-corrected chi connectivity index (χ4v) is 3.49. The van der Waals surface area contributed by atoms with Crippen LogP contribution in [0, 0.1) is 5.92 Å². The summed E-state index contributed by atoms with van der Waals surface area (Å²) < 4.78 is 11.7. The lowest BCUT2D eigenvalue weighted by molar-refractivity contribution is 0.0696. The third-order valence-electron chi connectivity index (χ3n) is 5.40. The molecule has 0 bridgehead atoms. The van der Waals surface area contributed by atoms with E-state index in [1.54, 1.807) is 30.1 Å². The second kappa shape index (κ2) is 9.02. The van der Waals surface area contributed by atoms with E-state index in [0.29, 0.717) is 36.1 Å². The number of likely N-dealkylation sites (tertiary alicyclic amines) is 1. The van der Waals surface area contributed by atoms with Gasteiger partial charge in [0.25, 0.3) is 17.4 Å². The van der Waals surface area contributed by atoms with Crippen molar-refractivity contribution in [3.05, 3.63) is 51.9 Å². The number of ether oxygens (including phenoxy) is 2. The van der Waals surface area contributed by atoms with Gasteiger partial charge in [0.05, 0.1) is 25.3 Å². The molecule has 2 aromatic rings. The maximum Gasteiger partial charge on any atom is 0.274 e. The van der Waals surface area contributed by atoms with Crippen LogP contribution in [0.2, 0.25) is 0 Å². The zero-order valence-electron chi connectivity index (χ0n) is 17.7. The summed E-state index contributed by atoms with van der Waals surface area (Å²) in [6.07, 6.45) is 3.42. The highest BCUT2D eigenvalue weighted by molar-refractivity contribution is 6.06. The quantitative estimate of drug-likeness (QED) is 0.814. The second-order valence-electron chi connectivity index (χ2n) is 7.55. The molecule has 0 atom stereocenters. The highest BCUT2D eigenvalue weighted by atomic mass is 16.5. The van der Waals surface area contributed by atoms with E-state index in [0.717, 1.165) is 12.8 Å². The van der Waals surface area contributed by atoms with Gasteiger partial charge in [-0.05, 0) is 37.0 Å². The molecule has 0 aliphatic carbocycles. The third-order valence-corrected chi connectivity index (χ3v) is 5.40. The molecular formula is C22H27N3O5. The van der Waals surface area contributed by atoms with Crippen LogP contribution in [0.1, 0.15) is 40.5 Å². The smallest absolute Gasteiger partial charge is 0.274 e. The van der Waals surface area contributed by atoms with Crippen LogP contribution in [0.25, 0.3) is 0 Å². The van der Waals surface area contributed by atoms with E-state index in [2.05, 4.69) is 12.2 Å². The topological polar surface area (TPSA) is 89.9 Å². The van der Waals surface area contributed by atoms with Crippen molar-refractivity contribution < 1.29 is 19.1 Å². The Morgan fingerprint density at radius 1 is 1.10 bits per heavy atom. The summed E-state index contributed by atoms with van der Waals surface area (Å²) in [5, 5.41) is 2.62. The first-order valence-corrected chi connectivity index (χ1v) is 9.87. The van der Waals surface area contributed by atoms with Crippen molar-refractivity contribution in [1.82, 2.24) is 9.47 Å². The molecule has 2 heterocycles. The molecule has 8 heteroatoms. The predicted octanol–water partition coefficient (Wildman–Crippen LogP) is 2.53. The number of piperidine rings is 1. The zero-order valence-corrected chi connectivity index (χ0v) is 17.7. The number of benzene rings is 1. The highest BCUT2D eigenvalue weighted by Gasteiger charge is 2.23. The van der Waals surface area contributed by atoms with Gasteiger partial charge in [0, 0.05) is 32.4 Å². The van der Waals surface area contributed by atoms with Gasteiger partial charge in [0.15, 0.2) is 0 Å². The standard InChI is InChI=1S/C22H27N3O5/c1-14-7-9-25(10-8-14)21(27)15-11-18(22(28)24(2)13-15)23-20(26)17-6-5-16(29-3)12-19(17)30-4/h5-6,11-14H,7-10H2,1-4H3,(H,23,26). The van der Waals surface area contributed by atoms with Gasteiger partial charge >= 0.3 is 0 Å². The number of hydrogen-bond acceptors (Lipinski definition) is 5. The van der Waals surface area contributed by atoms with E-state index in [-0.39, 0.29) is 17.2 Å². The average Bonchev–Trinajstić information content (AvgIpc) is 2.76. The van der Waals surface area contributed by atoms with Crippen LogP contribution in [0.4, 0.5) is 5.69 Å². The lowest BCUT2D eigenvalue weighted by atomic mass is 9.99. The van der Waals surface area contributed by atoms with E-state index < -0.39 is 11.5 Å². The Hall–Kier alpha value is -3.29. The summed E-state index contributed by atoms with van der Waals surface area (Å²) in [4.78, 5) is 40.1. The molecular weight excluding hydrogens is 386 g/mol. The average molecular weight is 413 g/mol. The number of amides is 2. The van der Waals surface area contributed by atoms with Crippen LogP contribution in [0.15, 0.2) is 35.3 Å². The summed E-state index contributed by atoms with van der Waals surface area (Å²) in [7, 11) is 4.52. The minimum Gasteiger partial charge on any atom is -0.497 e. The maximum absolute atomic E-state index is 12.9. The monoisotopic (exact) mass is 413 g/mol. The minimum atomic E-state index is -0.511. The molecule has 2 amide bonds. The molecule has 1 aromatic carbocycles. The number of aromatic nitrogens is 1.